The van der Waals surface area contributed by atoms with Crippen molar-refractivity contribution in [1.29, 1.82) is 0 Å². The summed E-state index contributed by atoms with van der Waals surface area (Å²) in [6.45, 7) is 9.37. The first-order valence-corrected chi connectivity index (χ1v) is 12.1. The molecule has 0 aromatic heterocycles. The Labute approximate surface area is 187 Å². The Bertz CT molecular complexity index is 712. The van der Waals surface area contributed by atoms with E-state index in [1.165, 1.54) is 24.1 Å². The number of hydrogen-bond donors (Lipinski definition) is 1. The Balaban J connectivity index is 1.24. The van der Waals surface area contributed by atoms with Crippen molar-refractivity contribution in [2.75, 3.05) is 50.8 Å². The Morgan fingerprint density at radius 3 is 2.55 bits per heavy atom. The molecule has 6 heteroatoms. The number of piperidine rings is 1. The molecule has 0 spiro atoms. The highest BCUT2D eigenvalue weighted by molar-refractivity contribution is 5.80. The second-order valence-corrected chi connectivity index (χ2v) is 8.72. The molecule has 0 bridgehead atoms. The van der Waals surface area contributed by atoms with Crippen LogP contribution in [-0.2, 0) is 16.0 Å². The second-order valence-electron chi connectivity index (χ2n) is 8.72. The number of nitrogens with one attached hydrogen (secondary N) is 1. The summed E-state index contributed by atoms with van der Waals surface area (Å²) in [6, 6.07) is 8.83. The van der Waals surface area contributed by atoms with Gasteiger partial charge in [0, 0.05) is 45.0 Å². The van der Waals surface area contributed by atoms with E-state index in [0.29, 0.717) is 18.8 Å². The van der Waals surface area contributed by atoms with E-state index in [9.17, 15) is 0 Å². The minimum absolute atomic E-state index is 0.304. The number of guanidine groups is 1. The number of ether oxygens (including phenoxy) is 2. The quantitative estimate of drug-likeness (QED) is 0.410. The average Bonchev–Trinajstić information content (AvgIpc) is 3.37. The molecule has 0 aliphatic carbocycles. The molecule has 0 radical (unpaired) electrons. The van der Waals surface area contributed by atoms with E-state index in [2.05, 4.69) is 58.5 Å². The summed E-state index contributed by atoms with van der Waals surface area (Å²) < 4.78 is 12.0. The summed E-state index contributed by atoms with van der Waals surface area (Å²) in [5, 5.41) is 3.48. The van der Waals surface area contributed by atoms with Gasteiger partial charge in [0.1, 0.15) is 0 Å². The summed E-state index contributed by atoms with van der Waals surface area (Å²) in [4.78, 5) is 9.67. The van der Waals surface area contributed by atoms with Gasteiger partial charge in [0.25, 0.3) is 0 Å². The molecule has 3 heterocycles. The van der Waals surface area contributed by atoms with E-state index >= 15 is 0 Å². The van der Waals surface area contributed by atoms with E-state index in [0.717, 1.165) is 71.2 Å². The lowest BCUT2D eigenvalue weighted by atomic mass is 10.1. The van der Waals surface area contributed by atoms with E-state index in [-0.39, 0.29) is 0 Å². The van der Waals surface area contributed by atoms with Gasteiger partial charge in [0.2, 0.25) is 0 Å². The van der Waals surface area contributed by atoms with Gasteiger partial charge >= 0.3 is 0 Å². The van der Waals surface area contributed by atoms with E-state index in [1.54, 1.807) is 0 Å². The van der Waals surface area contributed by atoms with Crippen LogP contribution in [-0.4, -0.2) is 69.0 Å². The maximum absolute atomic E-state index is 6.17. The fourth-order valence-electron chi connectivity index (χ4n) is 4.51. The van der Waals surface area contributed by atoms with E-state index in [1.807, 2.05) is 0 Å². The fourth-order valence-corrected chi connectivity index (χ4v) is 4.51. The van der Waals surface area contributed by atoms with Gasteiger partial charge in [-0.25, -0.2) is 4.99 Å². The molecule has 1 atom stereocenters. The minimum Gasteiger partial charge on any atom is -0.376 e. The van der Waals surface area contributed by atoms with Crippen LogP contribution in [0.3, 0.4) is 0 Å². The third-order valence-electron chi connectivity index (χ3n) is 6.40. The molecule has 1 aromatic rings. The van der Waals surface area contributed by atoms with Crippen molar-refractivity contribution in [3.8, 4) is 0 Å². The zero-order valence-electron chi connectivity index (χ0n) is 19.0. The first kappa shape index (κ1) is 22.2. The van der Waals surface area contributed by atoms with Crippen molar-refractivity contribution in [3.05, 3.63) is 42.0 Å². The molecule has 1 N–H and O–H groups in total. The zero-order chi connectivity index (χ0) is 21.3. The van der Waals surface area contributed by atoms with Gasteiger partial charge in [0.15, 0.2) is 5.96 Å². The molecule has 0 saturated carbocycles. The molecule has 3 aliphatic heterocycles. The van der Waals surface area contributed by atoms with Crippen molar-refractivity contribution in [3.63, 3.8) is 0 Å². The zero-order valence-corrected chi connectivity index (χ0v) is 19.0. The van der Waals surface area contributed by atoms with Crippen molar-refractivity contribution < 1.29 is 9.47 Å². The average molecular weight is 427 g/mol. The molecular weight excluding hydrogens is 388 g/mol. The molecule has 4 rings (SSSR count). The summed E-state index contributed by atoms with van der Waals surface area (Å²) in [6.07, 6.45) is 10.8. The first-order valence-electron chi connectivity index (χ1n) is 12.1. The van der Waals surface area contributed by atoms with Gasteiger partial charge in [-0.15, -0.1) is 0 Å². The van der Waals surface area contributed by atoms with Crippen LogP contribution in [0.4, 0.5) is 5.69 Å². The maximum Gasteiger partial charge on any atom is 0.194 e. The van der Waals surface area contributed by atoms with Gasteiger partial charge in [0.05, 0.1) is 25.4 Å². The van der Waals surface area contributed by atoms with Gasteiger partial charge in [-0.05, 0) is 56.7 Å². The third kappa shape index (κ3) is 6.47. The molecule has 0 amide bonds. The highest BCUT2D eigenvalue weighted by atomic mass is 16.5. The number of aliphatic imine (C=N–C) groups is 1. The van der Waals surface area contributed by atoms with Crippen LogP contribution < -0.4 is 10.2 Å². The Kier molecular flexibility index (Phi) is 8.24. The first-order chi connectivity index (χ1) is 15.3. The predicted octanol–water partition coefficient (Wildman–Crippen LogP) is 3.58. The molecule has 2 fully saturated rings. The lowest BCUT2D eigenvalue weighted by Crippen LogP contribution is -2.47. The smallest absolute Gasteiger partial charge is 0.194 e. The molecular formula is C25H38N4O2. The molecule has 1 aromatic carbocycles. The number of hydrogen-bond acceptors (Lipinski definition) is 4. The molecule has 31 heavy (non-hydrogen) atoms. The second kappa shape index (κ2) is 11.5. The molecule has 6 nitrogen and oxygen atoms in total. The lowest BCUT2D eigenvalue weighted by molar-refractivity contribution is -0.0721. The summed E-state index contributed by atoms with van der Waals surface area (Å²) in [5.74, 6) is 1.02. The van der Waals surface area contributed by atoms with Crippen molar-refractivity contribution in [2.45, 2.75) is 57.8 Å². The number of benzene rings is 1. The lowest BCUT2D eigenvalue weighted by Gasteiger charge is -2.35. The molecule has 1 unspecified atom stereocenters. The van der Waals surface area contributed by atoms with Crippen LogP contribution in [0.5, 0.6) is 0 Å². The Hall–Kier alpha value is -2.05. The van der Waals surface area contributed by atoms with Crippen molar-refractivity contribution in [1.82, 2.24) is 10.2 Å². The summed E-state index contributed by atoms with van der Waals surface area (Å²) in [7, 11) is 0. The number of nitrogens with zero attached hydrogens (tertiary/aromatic N) is 3. The third-order valence-corrected chi connectivity index (χ3v) is 6.40. The minimum atomic E-state index is 0.304. The van der Waals surface area contributed by atoms with Crippen LogP contribution in [0.2, 0.25) is 0 Å². The van der Waals surface area contributed by atoms with E-state index < -0.39 is 0 Å². The van der Waals surface area contributed by atoms with Crippen LogP contribution in [0.25, 0.3) is 0 Å². The number of likely N-dealkylation sites (tertiary alicyclic amines) is 1. The van der Waals surface area contributed by atoms with Crippen molar-refractivity contribution >= 4 is 11.6 Å². The highest BCUT2D eigenvalue weighted by Gasteiger charge is 2.23. The van der Waals surface area contributed by atoms with Gasteiger partial charge in [-0.1, -0.05) is 24.3 Å². The van der Waals surface area contributed by atoms with Gasteiger partial charge in [-0.2, -0.15) is 0 Å². The van der Waals surface area contributed by atoms with E-state index in [4.69, 9.17) is 14.5 Å². The normalized spacial score (nSPS) is 22.9. The fraction of sp³-hybridized carbons (Fsp3) is 0.640. The van der Waals surface area contributed by atoms with Gasteiger partial charge in [-0.3, -0.25) is 0 Å². The van der Waals surface area contributed by atoms with Crippen LogP contribution in [0.15, 0.2) is 41.4 Å². The summed E-state index contributed by atoms with van der Waals surface area (Å²) in [5.41, 5.74) is 2.53. The van der Waals surface area contributed by atoms with Crippen LogP contribution in [0.1, 0.15) is 44.6 Å². The largest absolute Gasteiger partial charge is 0.376 e. The van der Waals surface area contributed by atoms with Crippen LogP contribution in [0, 0.1) is 0 Å². The maximum atomic E-state index is 6.17. The standard InChI is InChI=1S/C25H38N4O2/c1-2-26-25(27-19-21-8-10-22(11-9-21)28-14-4-5-15-28)29-16-12-23(13-17-29)31-20-24-7-3-6-18-30-24/h4-5,8-11,23-24H,2-3,6-7,12-20H2,1H3,(H,26,27). The number of rotatable bonds is 7. The van der Waals surface area contributed by atoms with Crippen molar-refractivity contribution in [2.24, 2.45) is 4.99 Å². The molecule has 2 saturated heterocycles. The topological polar surface area (TPSA) is 49.3 Å². The Morgan fingerprint density at radius 2 is 1.87 bits per heavy atom. The number of anilines is 1. The SMILES string of the molecule is CCNC(=NCc1ccc(N2CC=CC2)cc1)N1CCC(OCC2CCCCO2)CC1. The highest BCUT2D eigenvalue weighted by Crippen LogP contribution is 2.20. The molecule has 3 aliphatic rings. The monoisotopic (exact) mass is 426 g/mol. The predicted molar refractivity (Wildman–Crippen MR) is 127 cm³/mol. The Morgan fingerprint density at radius 1 is 1.10 bits per heavy atom. The molecule has 170 valence electrons. The summed E-state index contributed by atoms with van der Waals surface area (Å²) >= 11 is 0. The van der Waals surface area contributed by atoms with Crippen LogP contribution >= 0.6 is 0 Å². The van der Waals surface area contributed by atoms with Gasteiger partial charge < -0.3 is 24.6 Å².